The van der Waals surface area contributed by atoms with Gasteiger partial charge in [-0.05, 0) is 61.0 Å². The van der Waals surface area contributed by atoms with Gasteiger partial charge in [0.15, 0.2) is 11.4 Å². The maximum atomic E-state index is 13.0. The molecule has 3 aromatic carbocycles. The molecule has 0 bridgehead atoms. The molecule has 0 saturated heterocycles. The Morgan fingerprint density at radius 3 is 2.50 bits per heavy atom. The highest BCUT2D eigenvalue weighted by molar-refractivity contribution is 7.21. The van der Waals surface area contributed by atoms with Gasteiger partial charge < -0.3 is 10.1 Å². The number of aryl methyl sites for hydroxylation is 1. The molecule has 2 aromatic heterocycles. The largest absolute Gasteiger partial charge is 0.494 e. The van der Waals surface area contributed by atoms with Crippen LogP contribution < -0.4 is 15.6 Å². The van der Waals surface area contributed by atoms with Gasteiger partial charge in [-0.2, -0.15) is 9.78 Å². The number of methoxy groups -OCH3 is 1. The Morgan fingerprint density at radius 1 is 1.00 bits per heavy atom. The van der Waals surface area contributed by atoms with Gasteiger partial charge in [-0.3, -0.25) is 9.59 Å². The Bertz CT molecular complexity index is 1560. The van der Waals surface area contributed by atoms with Gasteiger partial charge in [-0.25, -0.2) is 4.98 Å². The third-order valence-corrected chi connectivity index (χ3v) is 6.33. The number of benzene rings is 3. The molecule has 0 saturated carbocycles. The van der Waals surface area contributed by atoms with Crippen LogP contribution in [0.25, 0.3) is 26.5 Å². The Morgan fingerprint density at radius 2 is 1.76 bits per heavy atom. The molecule has 0 unspecified atom stereocenters. The molecule has 168 valence electrons. The number of anilines is 1. The average molecular weight is 469 g/mol. The van der Waals surface area contributed by atoms with Crippen molar-refractivity contribution in [2.45, 2.75) is 6.92 Å². The van der Waals surface area contributed by atoms with E-state index in [-0.39, 0.29) is 11.4 Å². The second kappa shape index (κ2) is 8.92. The van der Waals surface area contributed by atoms with Crippen molar-refractivity contribution in [1.29, 1.82) is 0 Å². The standard InChI is InChI=1S/C26H20N4O3S/c1-16-8-13-20-22(14-16)34-26(28-20)17-9-11-18(12-10-17)27-25(32)24-21(33-2)15-23(31)30(29-24)19-6-4-3-5-7-19/h3-15H,1-2H3,(H,27,32). The molecular weight excluding hydrogens is 448 g/mol. The monoisotopic (exact) mass is 468 g/mol. The molecule has 34 heavy (non-hydrogen) atoms. The Hall–Kier alpha value is -4.30. The number of aromatic nitrogens is 3. The first kappa shape index (κ1) is 21.5. The van der Waals surface area contributed by atoms with E-state index < -0.39 is 11.5 Å². The van der Waals surface area contributed by atoms with Gasteiger partial charge in [-0.1, -0.05) is 24.3 Å². The van der Waals surface area contributed by atoms with Gasteiger partial charge in [0.1, 0.15) is 5.01 Å². The molecule has 0 atom stereocenters. The number of nitrogens with one attached hydrogen (secondary N) is 1. The zero-order chi connectivity index (χ0) is 23.7. The summed E-state index contributed by atoms with van der Waals surface area (Å²) in [6.45, 7) is 2.06. The number of nitrogens with zero attached hydrogens (tertiary/aromatic N) is 3. The number of hydrogen-bond donors (Lipinski definition) is 1. The molecule has 0 aliphatic heterocycles. The molecule has 7 nitrogen and oxygen atoms in total. The van der Waals surface area contributed by atoms with Crippen molar-refractivity contribution in [3.63, 3.8) is 0 Å². The van der Waals surface area contributed by atoms with Crippen LogP contribution in [0.4, 0.5) is 5.69 Å². The Kier molecular flexibility index (Phi) is 5.65. The normalized spacial score (nSPS) is 10.9. The van der Waals surface area contributed by atoms with E-state index >= 15 is 0 Å². The summed E-state index contributed by atoms with van der Waals surface area (Å²) in [5, 5.41) is 8.01. The van der Waals surface area contributed by atoms with Crippen LogP contribution in [-0.4, -0.2) is 27.8 Å². The van der Waals surface area contributed by atoms with E-state index in [1.165, 1.54) is 23.4 Å². The van der Waals surface area contributed by atoms with Crippen molar-refractivity contribution in [1.82, 2.24) is 14.8 Å². The second-order valence-corrected chi connectivity index (χ2v) is 8.70. The summed E-state index contributed by atoms with van der Waals surface area (Å²) in [4.78, 5) is 30.2. The van der Waals surface area contributed by atoms with Crippen molar-refractivity contribution >= 4 is 33.1 Å². The predicted octanol–water partition coefficient (Wildman–Crippen LogP) is 5.08. The number of thiazole rings is 1. The summed E-state index contributed by atoms with van der Waals surface area (Å²) >= 11 is 1.63. The molecule has 0 aliphatic rings. The van der Waals surface area contributed by atoms with Crippen LogP contribution in [0.5, 0.6) is 5.75 Å². The fourth-order valence-corrected chi connectivity index (χ4v) is 4.62. The van der Waals surface area contributed by atoms with Crippen molar-refractivity contribution in [2.24, 2.45) is 0 Å². The fraction of sp³-hybridized carbons (Fsp3) is 0.0769. The van der Waals surface area contributed by atoms with E-state index in [0.29, 0.717) is 11.4 Å². The van der Waals surface area contributed by atoms with Crippen LogP contribution in [0.15, 0.2) is 83.7 Å². The van der Waals surface area contributed by atoms with Crippen LogP contribution >= 0.6 is 11.3 Å². The molecule has 5 rings (SSSR count). The van der Waals surface area contributed by atoms with Gasteiger partial charge in [0, 0.05) is 11.3 Å². The molecule has 8 heteroatoms. The lowest BCUT2D eigenvalue weighted by atomic mass is 10.2. The highest BCUT2D eigenvalue weighted by Gasteiger charge is 2.18. The topological polar surface area (TPSA) is 86.1 Å². The summed E-state index contributed by atoms with van der Waals surface area (Å²) in [5.74, 6) is -0.374. The highest BCUT2D eigenvalue weighted by atomic mass is 32.1. The predicted molar refractivity (Wildman–Crippen MR) is 134 cm³/mol. The molecule has 0 fully saturated rings. The summed E-state index contributed by atoms with van der Waals surface area (Å²) in [6, 6.07) is 23.8. The van der Waals surface area contributed by atoms with E-state index in [0.717, 1.165) is 20.8 Å². The maximum Gasteiger partial charge on any atom is 0.279 e. The zero-order valence-corrected chi connectivity index (χ0v) is 19.3. The van der Waals surface area contributed by atoms with E-state index in [2.05, 4.69) is 23.4 Å². The third kappa shape index (κ3) is 4.18. The van der Waals surface area contributed by atoms with Crippen molar-refractivity contribution in [2.75, 3.05) is 12.4 Å². The lowest BCUT2D eigenvalue weighted by Crippen LogP contribution is -2.26. The minimum Gasteiger partial charge on any atom is -0.494 e. The summed E-state index contributed by atoms with van der Waals surface area (Å²) < 4.78 is 7.56. The number of hydrogen-bond acceptors (Lipinski definition) is 6. The first-order valence-electron chi connectivity index (χ1n) is 10.5. The number of ether oxygens (including phenoxy) is 1. The summed E-state index contributed by atoms with van der Waals surface area (Å²) in [7, 11) is 1.40. The first-order valence-corrected chi connectivity index (χ1v) is 11.4. The van der Waals surface area contributed by atoms with Gasteiger partial charge in [0.25, 0.3) is 11.5 Å². The molecule has 0 radical (unpaired) electrons. The van der Waals surface area contributed by atoms with Crippen molar-refractivity contribution in [3.05, 3.63) is 100 Å². The van der Waals surface area contributed by atoms with Crippen LogP contribution in [-0.2, 0) is 0 Å². The minimum atomic E-state index is -0.482. The lowest BCUT2D eigenvalue weighted by molar-refractivity contribution is 0.101. The summed E-state index contributed by atoms with van der Waals surface area (Å²) in [6.07, 6.45) is 0. The van der Waals surface area contributed by atoms with Gasteiger partial charge in [0.05, 0.1) is 29.1 Å². The zero-order valence-electron chi connectivity index (χ0n) is 18.5. The minimum absolute atomic E-state index is 0.0107. The number of rotatable bonds is 5. The van der Waals surface area contributed by atoms with Crippen LogP contribution in [0.3, 0.4) is 0 Å². The molecule has 0 aliphatic carbocycles. The molecule has 1 amide bonds. The van der Waals surface area contributed by atoms with E-state index in [4.69, 9.17) is 9.72 Å². The van der Waals surface area contributed by atoms with Crippen LogP contribution in [0.1, 0.15) is 16.1 Å². The number of carbonyl (C=O) groups excluding carboxylic acids is 1. The lowest BCUT2D eigenvalue weighted by Gasteiger charge is -2.11. The fourth-order valence-electron chi connectivity index (χ4n) is 3.55. The maximum absolute atomic E-state index is 13.0. The van der Waals surface area contributed by atoms with Gasteiger partial charge >= 0.3 is 0 Å². The SMILES string of the molecule is COc1cc(=O)n(-c2ccccc2)nc1C(=O)Nc1ccc(-c2nc3ccc(C)cc3s2)cc1. The van der Waals surface area contributed by atoms with Crippen LogP contribution in [0.2, 0.25) is 0 Å². The molecule has 0 spiro atoms. The van der Waals surface area contributed by atoms with E-state index in [1.54, 1.807) is 35.6 Å². The van der Waals surface area contributed by atoms with Gasteiger partial charge in [-0.15, -0.1) is 11.3 Å². The van der Waals surface area contributed by atoms with E-state index in [1.807, 2.05) is 42.5 Å². The van der Waals surface area contributed by atoms with Crippen molar-refractivity contribution < 1.29 is 9.53 Å². The number of carbonyl (C=O) groups is 1. The number of amides is 1. The van der Waals surface area contributed by atoms with E-state index in [9.17, 15) is 9.59 Å². The quantitative estimate of drug-likeness (QED) is 0.389. The molecule has 5 aromatic rings. The third-order valence-electron chi connectivity index (χ3n) is 5.27. The molecule has 2 heterocycles. The van der Waals surface area contributed by atoms with Crippen molar-refractivity contribution in [3.8, 4) is 22.0 Å². The number of fused-ring (bicyclic) bond motifs is 1. The smallest absolute Gasteiger partial charge is 0.279 e. The van der Waals surface area contributed by atoms with Gasteiger partial charge in [0.2, 0.25) is 0 Å². The molecular formula is C26H20N4O3S. The molecule has 1 N–H and O–H groups in total. The Balaban J connectivity index is 1.41. The average Bonchev–Trinajstić information content (AvgIpc) is 3.28. The van der Waals surface area contributed by atoms with Crippen LogP contribution in [0, 0.1) is 6.92 Å². The highest BCUT2D eigenvalue weighted by Crippen LogP contribution is 2.31. The Labute approximate surface area is 199 Å². The number of para-hydroxylation sites is 1. The second-order valence-electron chi connectivity index (χ2n) is 7.67. The first-order chi connectivity index (χ1) is 16.5. The summed E-state index contributed by atoms with van der Waals surface area (Å²) in [5.41, 5.74) is 3.89.